The van der Waals surface area contributed by atoms with E-state index in [1.54, 1.807) is 0 Å². The molecule has 1 atom stereocenters. The second-order valence-electron chi connectivity index (χ2n) is 5.98. The molecule has 0 bridgehead atoms. The van der Waals surface area contributed by atoms with Crippen LogP contribution in [-0.2, 0) is 6.54 Å². The first-order valence-electron chi connectivity index (χ1n) is 6.62. The SMILES string of the molecule is CC(CO)N(C)c1cccc(Cl)c1CNC(C)(C)C. The van der Waals surface area contributed by atoms with Crippen LogP contribution in [0.15, 0.2) is 18.2 Å². The van der Waals surface area contributed by atoms with Gasteiger partial charge in [0.1, 0.15) is 0 Å². The number of benzene rings is 1. The molecule has 4 heteroatoms. The number of aliphatic hydroxyl groups excluding tert-OH is 1. The lowest BCUT2D eigenvalue weighted by Crippen LogP contribution is -2.37. The van der Waals surface area contributed by atoms with Gasteiger partial charge in [0, 0.05) is 41.4 Å². The third kappa shape index (κ3) is 4.68. The Labute approximate surface area is 121 Å². The van der Waals surface area contributed by atoms with Crippen molar-refractivity contribution in [1.29, 1.82) is 0 Å². The Hall–Kier alpha value is -0.770. The number of anilines is 1. The smallest absolute Gasteiger partial charge is 0.0632 e. The number of halogens is 1. The third-order valence-corrected chi connectivity index (χ3v) is 3.55. The van der Waals surface area contributed by atoms with E-state index < -0.39 is 0 Å². The van der Waals surface area contributed by atoms with Crippen molar-refractivity contribution < 1.29 is 5.11 Å². The number of likely N-dealkylation sites (N-methyl/N-ethyl adjacent to an activating group) is 1. The quantitative estimate of drug-likeness (QED) is 0.872. The third-order valence-electron chi connectivity index (χ3n) is 3.19. The molecule has 0 heterocycles. The van der Waals surface area contributed by atoms with Gasteiger partial charge in [0.2, 0.25) is 0 Å². The van der Waals surface area contributed by atoms with Gasteiger partial charge in [0.05, 0.1) is 6.61 Å². The monoisotopic (exact) mass is 284 g/mol. The number of nitrogens with zero attached hydrogens (tertiary/aromatic N) is 1. The summed E-state index contributed by atoms with van der Waals surface area (Å²) in [5.41, 5.74) is 2.17. The molecule has 1 rings (SSSR count). The Morgan fingerprint density at radius 3 is 2.53 bits per heavy atom. The van der Waals surface area contributed by atoms with Crippen molar-refractivity contribution in [3.8, 4) is 0 Å². The van der Waals surface area contributed by atoms with Gasteiger partial charge < -0.3 is 15.3 Å². The molecular weight excluding hydrogens is 260 g/mol. The molecule has 0 aliphatic rings. The Balaban J connectivity index is 3.01. The van der Waals surface area contributed by atoms with E-state index in [1.165, 1.54) is 0 Å². The molecule has 0 spiro atoms. The number of nitrogens with one attached hydrogen (secondary N) is 1. The van der Waals surface area contributed by atoms with Gasteiger partial charge >= 0.3 is 0 Å². The van der Waals surface area contributed by atoms with Gasteiger partial charge in [0.25, 0.3) is 0 Å². The predicted molar refractivity (Wildman–Crippen MR) is 83.0 cm³/mol. The van der Waals surface area contributed by atoms with Crippen LogP contribution in [0.2, 0.25) is 5.02 Å². The van der Waals surface area contributed by atoms with E-state index in [9.17, 15) is 5.11 Å². The molecule has 0 radical (unpaired) electrons. The van der Waals surface area contributed by atoms with Gasteiger partial charge in [-0.2, -0.15) is 0 Å². The first kappa shape index (κ1) is 16.3. The summed E-state index contributed by atoms with van der Waals surface area (Å²) in [6.45, 7) is 9.20. The van der Waals surface area contributed by atoms with Crippen molar-refractivity contribution in [1.82, 2.24) is 5.32 Å². The molecular formula is C15H25ClN2O. The first-order valence-corrected chi connectivity index (χ1v) is 7.00. The second kappa shape index (κ2) is 6.60. The van der Waals surface area contributed by atoms with Crippen LogP contribution in [0.25, 0.3) is 0 Å². The highest BCUT2D eigenvalue weighted by Crippen LogP contribution is 2.28. The Kier molecular flexibility index (Phi) is 5.65. The molecule has 1 unspecified atom stereocenters. The summed E-state index contributed by atoms with van der Waals surface area (Å²) >= 11 is 6.32. The molecule has 1 aromatic carbocycles. The number of aliphatic hydroxyl groups is 1. The molecule has 0 aromatic heterocycles. The summed E-state index contributed by atoms with van der Waals surface area (Å²) < 4.78 is 0. The highest BCUT2D eigenvalue weighted by atomic mass is 35.5. The van der Waals surface area contributed by atoms with Crippen molar-refractivity contribution in [3.63, 3.8) is 0 Å². The van der Waals surface area contributed by atoms with E-state index in [-0.39, 0.29) is 18.2 Å². The topological polar surface area (TPSA) is 35.5 Å². The standard InChI is InChI=1S/C15H25ClN2O/c1-11(10-19)18(5)14-8-6-7-13(16)12(14)9-17-15(2,3)4/h6-8,11,17,19H,9-10H2,1-5H3. The first-order chi connectivity index (χ1) is 8.76. The normalized spacial score (nSPS) is 13.4. The van der Waals surface area contributed by atoms with E-state index in [1.807, 2.05) is 32.2 Å². The van der Waals surface area contributed by atoms with Gasteiger partial charge in [-0.25, -0.2) is 0 Å². The molecule has 0 fully saturated rings. The number of rotatable bonds is 5. The lowest BCUT2D eigenvalue weighted by Gasteiger charge is -2.29. The van der Waals surface area contributed by atoms with Gasteiger partial charge in [-0.15, -0.1) is 0 Å². The van der Waals surface area contributed by atoms with E-state index in [4.69, 9.17) is 11.6 Å². The average Bonchev–Trinajstić information content (AvgIpc) is 2.34. The van der Waals surface area contributed by atoms with Crippen molar-refractivity contribution >= 4 is 17.3 Å². The molecule has 0 aliphatic carbocycles. The predicted octanol–water partition coefficient (Wildman–Crippen LogP) is 3.05. The molecule has 19 heavy (non-hydrogen) atoms. The fourth-order valence-electron chi connectivity index (χ4n) is 1.77. The van der Waals surface area contributed by atoms with E-state index in [0.717, 1.165) is 16.3 Å². The lowest BCUT2D eigenvalue weighted by molar-refractivity contribution is 0.270. The summed E-state index contributed by atoms with van der Waals surface area (Å²) in [5.74, 6) is 0. The van der Waals surface area contributed by atoms with Crippen LogP contribution in [0, 0.1) is 0 Å². The molecule has 0 saturated carbocycles. The van der Waals surface area contributed by atoms with Gasteiger partial charge in [-0.3, -0.25) is 0 Å². The maximum Gasteiger partial charge on any atom is 0.0632 e. The van der Waals surface area contributed by atoms with E-state index in [2.05, 4.69) is 31.0 Å². The fourth-order valence-corrected chi connectivity index (χ4v) is 2.00. The molecule has 108 valence electrons. The van der Waals surface area contributed by atoms with Crippen molar-refractivity contribution in [3.05, 3.63) is 28.8 Å². The van der Waals surface area contributed by atoms with Crippen LogP contribution < -0.4 is 10.2 Å². The maximum atomic E-state index is 9.30. The zero-order valence-corrected chi connectivity index (χ0v) is 13.3. The summed E-state index contributed by atoms with van der Waals surface area (Å²) in [6, 6.07) is 5.95. The Morgan fingerprint density at radius 1 is 1.37 bits per heavy atom. The molecule has 0 aliphatic heterocycles. The largest absolute Gasteiger partial charge is 0.394 e. The summed E-state index contributed by atoms with van der Waals surface area (Å²) in [7, 11) is 1.98. The molecule has 0 amide bonds. The molecule has 2 N–H and O–H groups in total. The van der Waals surface area contributed by atoms with Crippen molar-refractivity contribution in [2.45, 2.75) is 45.8 Å². The highest BCUT2D eigenvalue weighted by molar-refractivity contribution is 6.31. The molecule has 3 nitrogen and oxygen atoms in total. The van der Waals surface area contributed by atoms with Crippen LogP contribution >= 0.6 is 11.6 Å². The van der Waals surface area contributed by atoms with Gasteiger partial charge in [-0.05, 0) is 39.8 Å². The highest BCUT2D eigenvalue weighted by Gasteiger charge is 2.17. The maximum absolute atomic E-state index is 9.30. The van der Waals surface area contributed by atoms with Crippen LogP contribution in [0.4, 0.5) is 5.69 Å². The average molecular weight is 285 g/mol. The van der Waals surface area contributed by atoms with E-state index >= 15 is 0 Å². The van der Waals surface area contributed by atoms with Crippen molar-refractivity contribution in [2.75, 3.05) is 18.6 Å². The fraction of sp³-hybridized carbons (Fsp3) is 0.600. The number of hydrogen-bond acceptors (Lipinski definition) is 3. The van der Waals surface area contributed by atoms with Crippen LogP contribution in [0.1, 0.15) is 33.3 Å². The zero-order chi connectivity index (χ0) is 14.6. The minimum absolute atomic E-state index is 0.0393. The molecule has 0 saturated heterocycles. The molecule has 1 aromatic rings. The minimum atomic E-state index is 0.0393. The summed E-state index contributed by atoms with van der Waals surface area (Å²) in [5, 5.41) is 13.5. The van der Waals surface area contributed by atoms with Crippen LogP contribution in [0.3, 0.4) is 0 Å². The Morgan fingerprint density at radius 2 is 2.00 bits per heavy atom. The van der Waals surface area contributed by atoms with Gasteiger partial charge in [0.15, 0.2) is 0 Å². The van der Waals surface area contributed by atoms with E-state index in [0.29, 0.717) is 6.54 Å². The zero-order valence-electron chi connectivity index (χ0n) is 12.5. The second-order valence-corrected chi connectivity index (χ2v) is 6.39. The Bertz CT molecular complexity index is 415. The summed E-state index contributed by atoms with van der Waals surface area (Å²) in [4.78, 5) is 2.06. The summed E-state index contributed by atoms with van der Waals surface area (Å²) in [6.07, 6.45) is 0. The van der Waals surface area contributed by atoms with Crippen LogP contribution in [0.5, 0.6) is 0 Å². The van der Waals surface area contributed by atoms with Crippen molar-refractivity contribution in [2.24, 2.45) is 0 Å². The number of hydrogen-bond donors (Lipinski definition) is 2. The lowest BCUT2D eigenvalue weighted by atomic mass is 10.1. The van der Waals surface area contributed by atoms with Crippen LogP contribution in [-0.4, -0.2) is 30.3 Å². The minimum Gasteiger partial charge on any atom is -0.394 e. The van der Waals surface area contributed by atoms with Gasteiger partial charge in [-0.1, -0.05) is 17.7 Å².